The second kappa shape index (κ2) is 11.4. The number of hydrogen-bond acceptors (Lipinski definition) is 4. The van der Waals surface area contributed by atoms with Crippen molar-refractivity contribution in [1.29, 1.82) is 0 Å². The molecule has 1 aliphatic rings. The average molecular weight is 560 g/mol. The van der Waals surface area contributed by atoms with Crippen LogP contribution in [0.3, 0.4) is 0 Å². The highest BCUT2D eigenvalue weighted by atomic mass is 16.5. The third kappa shape index (κ3) is 4.87. The average Bonchev–Trinajstić information content (AvgIpc) is 3.40. The van der Waals surface area contributed by atoms with E-state index in [2.05, 4.69) is 4.57 Å². The van der Waals surface area contributed by atoms with Gasteiger partial charge in [0.05, 0.1) is 25.5 Å². The number of carbonyl (C=O) groups excluding carboxylic acids is 2. The van der Waals surface area contributed by atoms with Gasteiger partial charge in [0.25, 0.3) is 11.8 Å². The molecule has 0 radical (unpaired) electrons. The molecule has 0 spiro atoms. The standard InChI is InChI=1S/C35H33N3O4/c1-24-30(23-31(26-11-5-4-6-12-26)38(24)27-16-17-32(41-2)33(22-27)42-3)35(40)37-20-18-36(19-21-37)34(39)29-15-9-13-25-10-7-8-14-28(25)29/h4-17,22-23H,18-21H2,1-3H3. The van der Waals surface area contributed by atoms with Crippen molar-refractivity contribution in [3.05, 3.63) is 114 Å². The predicted octanol–water partition coefficient (Wildman–Crippen LogP) is 6.22. The molecule has 4 aromatic carbocycles. The second-order valence-corrected chi connectivity index (χ2v) is 10.4. The SMILES string of the molecule is COc1ccc(-n2c(-c3ccccc3)cc(C(=O)N3CCN(C(=O)c4cccc5ccccc45)CC3)c2C)cc1OC. The summed E-state index contributed by atoms with van der Waals surface area (Å²) in [5.41, 5.74) is 4.95. The fraction of sp³-hybridized carbons (Fsp3) is 0.200. The van der Waals surface area contributed by atoms with Crippen LogP contribution < -0.4 is 9.47 Å². The fourth-order valence-corrected chi connectivity index (χ4v) is 5.81. The van der Waals surface area contributed by atoms with Gasteiger partial charge in [-0.05, 0) is 47.5 Å². The van der Waals surface area contributed by atoms with Gasteiger partial charge in [0, 0.05) is 49.2 Å². The first-order valence-electron chi connectivity index (χ1n) is 14.1. The minimum atomic E-state index is -0.0406. The van der Waals surface area contributed by atoms with Crippen LogP contribution in [0, 0.1) is 6.92 Å². The van der Waals surface area contributed by atoms with Crippen molar-refractivity contribution in [1.82, 2.24) is 14.4 Å². The first-order valence-corrected chi connectivity index (χ1v) is 14.1. The molecule has 0 saturated carbocycles. The van der Waals surface area contributed by atoms with E-state index in [0.29, 0.717) is 48.8 Å². The van der Waals surface area contributed by atoms with E-state index >= 15 is 0 Å². The highest BCUT2D eigenvalue weighted by Crippen LogP contribution is 2.35. The maximum atomic E-state index is 14.0. The van der Waals surface area contributed by atoms with Crippen LogP contribution in [0.25, 0.3) is 27.7 Å². The molecule has 2 heterocycles. The Balaban J connectivity index is 1.28. The van der Waals surface area contributed by atoms with Crippen LogP contribution in [0.4, 0.5) is 0 Å². The molecule has 7 nitrogen and oxygen atoms in total. The number of benzene rings is 4. The first-order chi connectivity index (χ1) is 20.5. The van der Waals surface area contributed by atoms with Gasteiger partial charge >= 0.3 is 0 Å². The van der Waals surface area contributed by atoms with Crippen molar-refractivity contribution in [2.75, 3.05) is 40.4 Å². The molecule has 0 aliphatic carbocycles. The van der Waals surface area contributed by atoms with E-state index < -0.39 is 0 Å². The number of rotatable bonds is 6. The molecule has 0 unspecified atom stereocenters. The molecular weight excluding hydrogens is 526 g/mol. The van der Waals surface area contributed by atoms with Gasteiger partial charge in [-0.15, -0.1) is 0 Å². The molecule has 0 N–H and O–H groups in total. The van der Waals surface area contributed by atoms with Crippen LogP contribution in [0.2, 0.25) is 0 Å². The lowest BCUT2D eigenvalue weighted by Gasteiger charge is -2.35. The summed E-state index contributed by atoms with van der Waals surface area (Å²) in [6.45, 7) is 3.87. The maximum Gasteiger partial charge on any atom is 0.255 e. The molecule has 7 heteroatoms. The highest BCUT2D eigenvalue weighted by molar-refractivity contribution is 6.07. The molecule has 212 valence electrons. The lowest BCUT2D eigenvalue weighted by atomic mass is 10.0. The Morgan fingerprint density at radius 3 is 1.95 bits per heavy atom. The number of hydrogen-bond donors (Lipinski definition) is 0. The van der Waals surface area contributed by atoms with Crippen LogP contribution in [0.5, 0.6) is 11.5 Å². The Labute approximate surface area is 245 Å². The van der Waals surface area contributed by atoms with Gasteiger partial charge in [-0.1, -0.05) is 66.7 Å². The Bertz CT molecular complexity index is 1760. The number of ether oxygens (including phenoxy) is 2. The third-order valence-corrected chi connectivity index (χ3v) is 8.05. The van der Waals surface area contributed by atoms with Gasteiger partial charge in [-0.25, -0.2) is 0 Å². The highest BCUT2D eigenvalue weighted by Gasteiger charge is 2.29. The van der Waals surface area contributed by atoms with E-state index in [-0.39, 0.29) is 11.8 Å². The topological polar surface area (TPSA) is 64.0 Å². The summed E-state index contributed by atoms with van der Waals surface area (Å²) in [5.74, 6) is 1.21. The Hall–Kier alpha value is -5.04. The van der Waals surface area contributed by atoms with Gasteiger partial charge in [0.15, 0.2) is 11.5 Å². The molecular formula is C35H33N3O4. The van der Waals surface area contributed by atoms with E-state index in [4.69, 9.17) is 9.47 Å². The maximum absolute atomic E-state index is 14.0. The summed E-state index contributed by atoms with van der Waals surface area (Å²) in [5, 5.41) is 1.99. The van der Waals surface area contributed by atoms with Crippen LogP contribution in [-0.4, -0.2) is 66.6 Å². The van der Waals surface area contributed by atoms with Gasteiger partial charge < -0.3 is 23.8 Å². The monoisotopic (exact) mass is 559 g/mol. The number of aromatic nitrogens is 1. The van der Waals surface area contributed by atoms with E-state index in [1.54, 1.807) is 14.2 Å². The molecule has 6 rings (SSSR count). The summed E-state index contributed by atoms with van der Waals surface area (Å²) in [6.07, 6.45) is 0. The molecule has 2 amide bonds. The van der Waals surface area contributed by atoms with Gasteiger partial charge in [0.2, 0.25) is 0 Å². The zero-order valence-corrected chi connectivity index (χ0v) is 24.0. The zero-order chi connectivity index (χ0) is 29.2. The minimum Gasteiger partial charge on any atom is -0.493 e. The van der Waals surface area contributed by atoms with E-state index in [9.17, 15) is 9.59 Å². The van der Waals surface area contributed by atoms with E-state index in [0.717, 1.165) is 33.4 Å². The Morgan fingerprint density at radius 1 is 0.643 bits per heavy atom. The number of nitrogens with zero attached hydrogens (tertiary/aromatic N) is 3. The molecule has 5 aromatic rings. The molecule has 1 saturated heterocycles. The summed E-state index contributed by atoms with van der Waals surface area (Å²) >= 11 is 0. The normalized spacial score (nSPS) is 13.3. The Kier molecular flexibility index (Phi) is 7.40. The number of carbonyl (C=O) groups is 2. The van der Waals surface area contributed by atoms with Crippen molar-refractivity contribution in [3.63, 3.8) is 0 Å². The largest absolute Gasteiger partial charge is 0.493 e. The second-order valence-electron chi connectivity index (χ2n) is 10.4. The van der Waals surface area contributed by atoms with Crippen molar-refractivity contribution >= 4 is 22.6 Å². The molecule has 1 aromatic heterocycles. The summed E-state index contributed by atoms with van der Waals surface area (Å²) < 4.78 is 13.1. The smallest absolute Gasteiger partial charge is 0.255 e. The summed E-state index contributed by atoms with van der Waals surface area (Å²) in [6, 6.07) is 31.5. The lowest BCUT2D eigenvalue weighted by molar-refractivity contribution is 0.0536. The molecule has 42 heavy (non-hydrogen) atoms. The van der Waals surface area contributed by atoms with Crippen molar-refractivity contribution in [2.24, 2.45) is 0 Å². The van der Waals surface area contributed by atoms with Crippen LogP contribution in [-0.2, 0) is 0 Å². The number of amides is 2. The van der Waals surface area contributed by atoms with E-state index in [1.807, 2.05) is 114 Å². The molecule has 0 bridgehead atoms. The third-order valence-electron chi connectivity index (χ3n) is 8.05. The first kappa shape index (κ1) is 27.1. The molecule has 0 atom stereocenters. The van der Waals surface area contributed by atoms with Gasteiger partial charge in [-0.3, -0.25) is 9.59 Å². The van der Waals surface area contributed by atoms with Crippen LogP contribution in [0.15, 0.2) is 97.1 Å². The summed E-state index contributed by atoms with van der Waals surface area (Å²) in [7, 11) is 3.22. The van der Waals surface area contributed by atoms with Gasteiger partial charge in [0.1, 0.15) is 0 Å². The number of fused-ring (bicyclic) bond motifs is 1. The van der Waals surface area contributed by atoms with Crippen molar-refractivity contribution in [3.8, 4) is 28.4 Å². The number of methoxy groups -OCH3 is 2. The minimum absolute atomic E-state index is 0.000972. The van der Waals surface area contributed by atoms with Crippen LogP contribution >= 0.6 is 0 Å². The van der Waals surface area contributed by atoms with Crippen LogP contribution in [0.1, 0.15) is 26.4 Å². The molecule has 1 fully saturated rings. The summed E-state index contributed by atoms with van der Waals surface area (Å²) in [4.78, 5) is 31.1. The van der Waals surface area contributed by atoms with Crippen molar-refractivity contribution < 1.29 is 19.1 Å². The van der Waals surface area contributed by atoms with E-state index in [1.165, 1.54) is 0 Å². The van der Waals surface area contributed by atoms with Gasteiger partial charge in [-0.2, -0.15) is 0 Å². The van der Waals surface area contributed by atoms with Crippen molar-refractivity contribution in [2.45, 2.75) is 6.92 Å². The molecule has 1 aliphatic heterocycles. The fourth-order valence-electron chi connectivity index (χ4n) is 5.81. The quantitative estimate of drug-likeness (QED) is 0.248. The Morgan fingerprint density at radius 2 is 1.26 bits per heavy atom. The number of piperazine rings is 1. The zero-order valence-electron chi connectivity index (χ0n) is 24.0. The predicted molar refractivity (Wildman–Crippen MR) is 165 cm³/mol. The lowest BCUT2D eigenvalue weighted by Crippen LogP contribution is -2.50.